The summed E-state index contributed by atoms with van der Waals surface area (Å²) >= 11 is 0. The van der Waals surface area contributed by atoms with Crippen molar-refractivity contribution in [1.82, 2.24) is 29.7 Å². The standard InChI is InChI=1S/C30H53N8O9P/c1-8-44-28(41)21(12-17(3)4)36-48(43,37-22(13-18(5)6)29(42)45-9-2)47-14-23(25(40)19(7)39)46-16-38-15-32-24-26(33-20-10-11-20)34-30(31)35-27(24)38/h15,17-23,25,39-40H,8-14,16H2,1-7H3,(H2,36,37,43)(H3,31,33,34,35)/t19?,21-,22-,23+,25+/m0/s1. The first-order valence-corrected chi connectivity index (χ1v) is 18.1. The molecule has 0 saturated heterocycles. The van der Waals surface area contributed by atoms with Crippen LogP contribution in [-0.4, -0.2) is 97.9 Å². The molecule has 18 heteroatoms. The Morgan fingerprint density at radius 3 is 2.04 bits per heavy atom. The van der Waals surface area contributed by atoms with Crippen molar-refractivity contribution >= 4 is 42.5 Å². The van der Waals surface area contributed by atoms with E-state index in [0.717, 1.165) is 12.8 Å². The Bertz CT molecular complexity index is 1350. The minimum Gasteiger partial charge on any atom is -0.465 e. The zero-order valence-electron chi connectivity index (χ0n) is 28.9. The fraction of sp³-hybridized carbons (Fsp3) is 0.767. The average Bonchev–Trinajstić information content (AvgIpc) is 3.72. The molecule has 2 aromatic rings. The number of nitrogen functional groups attached to an aromatic ring is 1. The van der Waals surface area contributed by atoms with Crippen molar-refractivity contribution in [2.45, 2.75) is 117 Å². The Kier molecular flexibility index (Phi) is 15.0. The molecule has 48 heavy (non-hydrogen) atoms. The van der Waals surface area contributed by atoms with Crippen LogP contribution in [0.25, 0.3) is 11.2 Å². The van der Waals surface area contributed by atoms with E-state index in [2.05, 4.69) is 30.4 Å². The number of rotatable bonds is 22. The molecule has 0 bridgehead atoms. The van der Waals surface area contributed by atoms with Crippen molar-refractivity contribution < 1.29 is 43.1 Å². The second-order valence-electron chi connectivity index (χ2n) is 12.8. The molecule has 1 unspecified atom stereocenters. The second kappa shape index (κ2) is 18.2. The molecule has 0 radical (unpaired) electrons. The Labute approximate surface area is 281 Å². The third kappa shape index (κ3) is 11.9. The first kappa shape index (κ1) is 39.5. The van der Waals surface area contributed by atoms with Crippen LogP contribution >= 0.6 is 7.67 Å². The molecular formula is C30H53N8O9P. The van der Waals surface area contributed by atoms with E-state index in [1.54, 1.807) is 18.4 Å². The lowest BCUT2D eigenvalue weighted by Crippen LogP contribution is -2.47. The summed E-state index contributed by atoms with van der Waals surface area (Å²) in [7, 11) is -4.31. The van der Waals surface area contributed by atoms with E-state index in [4.69, 9.17) is 24.5 Å². The van der Waals surface area contributed by atoms with Gasteiger partial charge in [-0.3, -0.25) is 18.7 Å². The molecule has 5 atom stereocenters. The number of nitrogens with two attached hydrogens (primary N) is 1. The fourth-order valence-corrected chi connectivity index (χ4v) is 6.66. The number of nitrogens with zero attached hydrogens (tertiary/aromatic N) is 4. The van der Waals surface area contributed by atoms with Crippen molar-refractivity contribution in [3.05, 3.63) is 6.33 Å². The van der Waals surface area contributed by atoms with E-state index in [9.17, 15) is 24.4 Å². The highest BCUT2D eigenvalue weighted by molar-refractivity contribution is 7.54. The Hall–Kier alpha value is -2.92. The second-order valence-corrected chi connectivity index (χ2v) is 14.7. The molecule has 272 valence electrons. The summed E-state index contributed by atoms with van der Waals surface area (Å²) in [5.74, 6) is -0.774. The molecule has 1 saturated carbocycles. The Morgan fingerprint density at radius 1 is 1.00 bits per heavy atom. The zero-order valence-corrected chi connectivity index (χ0v) is 29.8. The van der Waals surface area contributed by atoms with Crippen LogP contribution in [0.15, 0.2) is 6.33 Å². The van der Waals surface area contributed by atoms with Crippen LogP contribution in [0.4, 0.5) is 11.8 Å². The highest BCUT2D eigenvalue weighted by Gasteiger charge is 2.38. The summed E-state index contributed by atoms with van der Waals surface area (Å²) in [4.78, 5) is 38.8. The van der Waals surface area contributed by atoms with Crippen LogP contribution in [0.2, 0.25) is 0 Å². The maximum atomic E-state index is 14.6. The maximum Gasteiger partial charge on any atom is 0.342 e. The molecule has 0 aromatic carbocycles. The number of anilines is 2. The van der Waals surface area contributed by atoms with E-state index in [1.165, 1.54) is 13.3 Å². The lowest BCUT2D eigenvalue weighted by atomic mass is 10.1. The first-order valence-electron chi connectivity index (χ1n) is 16.5. The number of nitrogens with one attached hydrogen (secondary N) is 3. The number of aromatic nitrogens is 4. The number of ether oxygens (including phenoxy) is 3. The molecule has 0 amide bonds. The molecule has 2 aromatic heterocycles. The number of hydrogen-bond acceptors (Lipinski definition) is 14. The zero-order chi connectivity index (χ0) is 35.6. The van der Waals surface area contributed by atoms with Gasteiger partial charge in [-0.25, -0.2) is 15.2 Å². The van der Waals surface area contributed by atoms with E-state index in [1.807, 2.05) is 27.7 Å². The Morgan fingerprint density at radius 2 is 1.56 bits per heavy atom. The number of aliphatic hydroxyl groups excluding tert-OH is 2. The van der Waals surface area contributed by atoms with Gasteiger partial charge in [0.05, 0.1) is 32.3 Å². The minimum absolute atomic E-state index is 0.00661. The van der Waals surface area contributed by atoms with Crippen LogP contribution in [0.3, 0.4) is 0 Å². The summed E-state index contributed by atoms with van der Waals surface area (Å²) in [5, 5.41) is 30.1. The van der Waals surface area contributed by atoms with Gasteiger partial charge in [-0.05, 0) is 58.3 Å². The number of aliphatic hydroxyl groups is 2. The van der Waals surface area contributed by atoms with Gasteiger partial charge in [-0.1, -0.05) is 27.7 Å². The molecule has 7 N–H and O–H groups in total. The van der Waals surface area contributed by atoms with Gasteiger partial charge in [0.15, 0.2) is 17.0 Å². The van der Waals surface area contributed by atoms with E-state index < -0.39 is 56.6 Å². The average molecular weight is 701 g/mol. The lowest BCUT2D eigenvalue weighted by molar-refractivity contribution is -0.146. The van der Waals surface area contributed by atoms with Crippen molar-refractivity contribution in [2.24, 2.45) is 11.8 Å². The van der Waals surface area contributed by atoms with Crippen molar-refractivity contribution in [3.8, 4) is 0 Å². The predicted octanol–water partition coefficient (Wildman–Crippen LogP) is 2.33. The van der Waals surface area contributed by atoms with E-state index >= 15 is 0 Å². The molecular weight excluding hydrogens is 647 g/mol. The van der Waals surface area contributed by atoms with Crippen LogP contribution in [0.1, 0.15) is 74.1 Å². The van der Waals surface area contributed by atoms with Gasteiger partial charge in [-0.2, -0.15) is 9.97 Å². The quantitative estimate of drug-likeness (QED) is 0.0764. The van der Waals surface area contributed by atoms with Crippen molar-refractivity contribution in [1.29, 1.82) is 0 Å². The monoisotopic (exact) mass is 700 g/mol. The van der Waals surface area contributed by atoms with Crippen molar-refractivity contribution in [2.75, 3.05) is 30.9 Å². The number of esters is 2. The summed E-state index contributed by atoms with van der Waals surface area (Å²) in [6, 6.07) is -1.84. The number of fused-ring (bicyclic) bond motifs is 1. The van der Waals surface area contributed by atoms with E-state index in [-0.39, 0.29) is 56.6 Å². The SMILES string of the molecule is CCOC(=O)[C@H](CC(C)C)NP(=O)(N[C@@H](CC(C)C)C(=O)OCC)OC[C@@H](OCn1cnc2c(NC3CC3)nc(N)nc21)[C@H](O)C(C)O. The van der Waals surface area contributed by atoms with Gasteiger partial charge in [0.2, 0.25) is 5.95 Å². The normalized spacial score (nSPS) is 16.9. The molecule has 2 heterocycles. The smallest absolute Gasteiger partial charge is 0.342 e. The topological polar surface area (TPSA) is 234 Å². The van der Waals surface area contributed by atoms with Crippen LogP contribution in [0, 0.1) is 11.8 Å². The predicted molar refractivity (Wildman–Crippen MR) is 179 cm³/mol. The van der Waals surface area contributed by atoms with Gasteiger partial charge in [0.1, 0.15) is 31.0 Å². The Balaban J connectivity index is 1.89. The number of carbonyl (C=O) groups is 2. The molecule has 1 fully saturated rings. The van der Waals surface area contributed by atoms with Crippen LogP contribution < -0.4 is 21.2 Å². The van der Waals surface area contributed by atoms with Crippen molar-refractivity contribution in [3.63, 3.8) is 0 Å². The van der Waals surface area contributed by atoms with Gasteiger partial charge in [0, 0.05) is 6.04 Å². The van der Waals surface area contributed by atoms with Gasteiger partial charge in [-0.15, -0.1) is 0 Å². The maximum absolute atomic E-state index is 14.6. The molecule has 1 aliphatic carbocycles. The van der Waals surface area contributed by atoms with Crippen LogP contribution in [-0.2, 0) is 39.6 Å². The van der Waals surface area contributed by atoms with Crippen LogP contribution in [0.5, 0.6) is 0 Å². The summed E-state index contributed by atoms with van der Waals surface area (Å²) in [6.45, 7) is 11.7. The molecule has 17 nitrogen and oxygen atoms in total. The summed E-state index contributed by atoms with van der Waals surface area (Å²) in [5.41, 5.74) is 6.82. The van der Waals surface area contributed by atoms with Gasteiger partial charge < -0.3 is 40.0 Å². The number of carbonyl (C=O) groups excluding carboxylic acids is 2. The molecule has 0 spiro atoms. The van der Waals surface area contributed by atoms with Gasteiger partial charge in [0.25, 0.3) is 0 Å². The molecule has 1 aliphatic rings. The molecule has 3 rings (SSSR count). The summed E-state index contributed by atoms with van der Waals surface area (Å²) < 4.78 is 38.5. The lowest BCUT2D eigenvalue weighted by Gasteiger charge is -2.31. The largest absolute Gasteiger partial charge is 0.465 e. The molecule has 0 aliphatic heterocycles. The number of imidazole rings is 1. The minimum atomic E-state index is -4.31. The van der Waals surface area contributed by atoms with Gasteiger partial charge >= 0.3 is 19.6 Å². The third-order valence-electron chi connectivity index (χ3n) is 7.33. The summed E-state index contributed by atoms with van der Waals surface area (Å²) in [6.07, 6.45) is -0.0257. The third-order valence-corrected chi connectivity index (χ3v) is 9.15. The highest BCUT2D eigenvalue weighted by atomic mass is 31.2. The van der Waals surface area contributed by atoms with E-state index in [0.29, 0.717) is 17.0 Å². The fourth-order valence-electron chi connectivity index (χ4n) is 4.84. The number of hydrogen-bond donors (Lipinski definition) is 6. The highest BCUT2D eigenvalue weighted by Crippen LogP contribution is 2.41. The first-order chi connectivity index (χ1) is 22.7.